The number of rotatable bonds is 5. The molecular weight excluding hydrogens is 260 g/mol. The largest absolute Gasteiger partial charge is 0.379 e. The second-order valence-electron chi connectivity index (χ2n) is 4.37. The summed E-state index contributed by atoms with van der Waals surface area (Å²) in [7, 11) is 0. The molecular formula is C14H26N2O2S. The molecule has 2 heterocycles. The summed E-state index contributed by atoms with van der Waals surface area (Å²) >= 11 is 1.65. The first kappa shape index (κ1) is 16.1. The average Bonchev–Trinajstić information content (AvgIpc) is 2.89. The number of ether oxygens (including phenoxy) is 1. The lowest BCUT2D eigenvalue weighted by molar-refractivity contribution is 0.0383. The molecule has 0 saturated carbocycles. The van der Waals surface area contributed by atoms with Crippen LogP contribution in [-0.2, 0) is 11.2 Å². The molecule has 1 saturated heterocycles. The van der Waals surface area contributed by atoms with E-state index < -0.39 is 0 Å². The third-order valence-corrected chi connectivity index (χ3v) is 4.16. The van der Waals surface area contributed by atoms with E-state index in [0.29, 0.717) is 6.54 Å². The monoisotopic (exact) mass is 286 g/mol. The molecule has 1 aromatic rings. The Morgan fingerprint density at radius 1 is 1.53 bits per heavy atom. The van der Waals surface area contributed by atoms with Gasteiger partial charge in [-0.25, -0.2) is 0 Å². The van der Waals surface area contributed by atoms with Gasteiger partial charge < -0.3 is 10.1 Å². The number of nitrogens with zero attached hydrogens (tertiary/aromatic N) is 1. The Morgan fingerprint density at radius 2 is 2.26 bits per heavy atom. The van der Waals surface area contributed by atoms with E-state index in [-0.39, 0.29) is 14.8 Å². The molecule has 0 unspecified atom stereocenters. The van der Waals surface area contributed by atoms with Gasteiger partial charge in [0.2, 0.25) is 0 Å². The molecule has 1 fully saturated rings. The molecule has 1 amide bonds. The van der Waals surface area contributed by atoms with Crippen molar-refractivity contribution in [2.45, 2.75) is 20.8 Å². The molecule has 1 aliphatic rings. The fourth-order valence-corrected chi connectivity index (χ4v) is 2.75. The van der Waals surface area contributed by atoms with E-state index in [1.165, 1.54) is 4.88 Å². The van der Waals surface area contributed by atoms with Gasteiger partial charge in [-0.05, 0) is 12.5 Å². The number of carbonyl (C=O) groups is 1. The highest BCUT2D eigenvalue weighted by Gasteiger charge is 2.11. The zero-order chi connectivity index (χ0) is 12.8. The highest BCUT2D eigenvalue weighted by Crippen LogP contribution is 2.14. The first-order valence-corrected chi connectivity index (χ1v) is 7.33. The van der Waals surface area contributed by atoms with Crippen LogP contribution in [0.4, 0.5) is 0 Å². The number of morpholine rings is 1. The lowest BCUT2D eigenvalue weighted by atomic mass is 10.2. The fourth-order valence-electron chi connectivity index (χ4n) is 1.94. The summed E-state index contributed by atoms with van der Waals surface area (Å²) in [5.41, 5.74) is 0.791. The van der Waals surface area contributed by atoms with Crippen molar-refractivity contribution >= 4 is 17.2 Å². The lowest BCUT2D eigenvalue weighted by Gasteiger charge is -2.26. The second kappa shape index (κ2) is 8.30. The maximum Gasteiger partial charge on any atom is 0.252 e. The molecule has 2 rings (SSSR count). The third kappa shape index (κ3) is 4.93. The molecule has 1 N–H and O–H groups in total. The molecule has 0 aliphatic carbocycles. The van der Waals surface area contributed by atoms with Crippen LogP contribution in [0.3, 0.4) is 0 Å². The first-order valence-electron chi connectivity index (χ1n) is 6.45. The number of hydrogen-bond acceptors (Lipinski definition) is 4. The maximum absolute atomic E-state index is 11.9. The fraction of sp³-hybridized carbons (Fsp3) is 0.643. The molecule has 110 valence electrons. The van der Waals surface area contributed by atoms with Crippen molar-refractivity contribution in [3.8, 4) is 0 Å². The molecule has 0 spiro atoms. The summed E-state index contributed by atoms with van der Waals surface area (Å²) in [5, 5.41) is 4.90. The number of carbonyl (C=O) groups excluding carboxylic acids is 1. The van der Waals surface area contributed by atoms with Crippen molar-refractivity contribution in [2.24, 2.45) is 0 Å². The van der Waals surface area contributed by atoms with Gasteiger partial charge in [0.1, 0.15) is 0 Å². The van der Waals surface area contributed by atoms with Gasteiger partial charge in [0, 0.05) is 37.9 Å². The average molecular weight is 286 g/mol. The van der Waals surface area contributed by atoms with Gasteiger partial charge in [-0.15, -0.1) is 11.3 Å². The van der Waals surface area contributed by atoms with Gasteiger partial charge in [-0.2, -0.15) is 0 Å². The number of thiophene rings is 1. The molecule has 0 radical (unpaired) electrons. The maximum atomic E-state index is 11.9. The Bertz CT molecular complexity index is 392. The van der Waals surface area contributed by atoms with Crippen LogP contribution in [0.1, 0.15) is 31.0 Å². The van der Waals surface area contributed by atoms with Crippen LogP contribution in [0.2, 0.25) is 0 Å². The van der Waals surface area contributed by atoms with E-state index in [4.69, 9.17) is 4.74 Å². The summed E-state index contributed by atoms with van der Waals surface area (Å²) in [6.45, 7) is 7.25. The zero-order valence-corrected chi connectivity index (χ0v) is 11.6. The quantitative estimate of drug-likeness (QED) is 0.902. The standard InChI is InChI=1S/C13H20N2O2S.CH4.H2/c1-2-12-9-11(10-18-12)13(16)14-3-4-15-5-7-17-8-6-15;;/h9-10H,2-8H2,1H3,(H,14,16);1H4;1H. The zero-order valence-electron chi connectivity index (χ0n) is 10.8. The highest BCUT2D eigenvalue weighted by molar-refractivity contribution is 7.10. The van der Waals surface area contributed by atoms with Gasteiger partial charge in [-0.3, -0.25) is 9.69 Å². The summed E-state index contributed by atoms with van der Waals surface area (Å²) in [6.07, 6.45) is 0.992. The normalized spacial score (nSPS) is 15.8. The van der Waals surface area contributed by atoms with Crippen LogP contribution in [0.5, 0.6) is 0 Å². The third-order valence-electron chi connectivity index (χ3n) is 3.08. The van der Waals surface area contributed by atoms with E-state index in [1.807, 2.05) is 11.4 Å². The van der Waals surface area contributed by atoms with Gasteiger partial charge in [-0.1, -0.05) is 14.4 Å². The Balaban J connectivity index is 0.00000180. The van der Waals surface area contributed by atoms with E-state index >= 15 is 0 Å². The van der Waals surface area contributed by atoms with Gasteiger partial charge in [0.15, 0.2) is 0 Å². The molecule has 0 aromatic carbocycles. The van der Waals surface area contributed by atoms with Gasteiger partial charge in [0.05, 0.1) is 18.8 Å². The van der Waals surface area contributed by atoms with Gasteiger partial charge in [0.25, 0.3) is 5.91 Å². The SMILES string of the molecule is C.CCc1cc(C(=O)NCCN2CCOCC2)cs1.[HH]. The Hall–Kier alpha value is -0.910. The highest BCUT2D eigenvalue weighted by atomic mass is 32.1. The van der Waals surface area contributed by atoms with Crippen molar-refractivity contribution in [3.63, 3.8) is 0 Å². The van der Waals surface area contributed by atoms with Crippen LogP contribution in [0, 0.1) is 0 Å². The van der Waals surface area contributed by atoms with Crippen LogP contribution in [0.15, 0.2) is 11.4 Å². The summed E-state index contributed by atoms with van der Waals surface area (Å²) in [5.74, 6) is 0.0409. The van der Waals surface area contributed by atoms with Crippen molar-refractivity contribution in [2.75, 3.05) is 39.4 Å². The predicted molar refractivity (Wildman–Crippen MR) is 82.1 cm³/mol. The first-order chi connectivity index (χ1) is 8.79. The number of nitrogens with one attached hydrogen (secondary N) is 1. The van der Waals surface area contributed by atoms with Crippen molar-refractivity contribution < 1.29 is 11.0 Å². The number of aryl methyl sites for hydroxylation is 1. The number of hydrogen-bond donors (Lipinski definition) is 1. The van der Waals surface area contributed by atoms with E-state index in [2.05, 4.69) is 17.1 Å². The molecule has 5 heteroatoms. The Kier molecular flexibility index (Phi) is 7.05. The van der Waals surface area contributed by atoms with Crippen LogP contribution >= 0.6 is 11.3 Å². The second-order valence-corrected chi connectivity index (χ2v) is 5.36. The van der Waals surface area contributed by atoms with Crippen LogP contribution in [0.25, 0.3) is 0 Å². The number of amides is 1. The van der Waals surface area contributed by atoms with Crippen molar-refractivity contribution in [1.29, 1.82) is 0 Å². The predicted octanol–water partition coefficient (Wildman–Crippen LogP) is 2.25. The summed E-state index contributed by atoms with van der Waals surface area (Å²) in [6, 6.07) is 1.98. The Morgan fingerprint density at radius 3 is 2.89 bits per heavy atom. The summed E-state index contributed by atoms with van der Waals surface area (Å²) in [4.78, 5) is 15.4. The molecule has 4 nitrogen and oxygen atoms in total. The molecule has 1 aliphatic heterocycles. The Labute approximate surface area is 121 Å². The van der Waals surface area contributed by atoms with Gasteiger partial charge >= 0.3 is 0 Å². The van der Waals surface area contributed by atoms with Crippen LogP contribution in [-0.4, -0.2) is 50.2 Å². The molecule has 0 bridgehead atoms. The molecule has 1 aromatic heterocycles. The minimum Gasteiger partial charge on any atom is -0.379 e. The lowest BCUT2D eigenvalue weighted by Crippen LogP contribution is -2.41. The van der Waals surface area contributed by atoms with Crippen molar-refractivity contribution in [1.82, 2.24) is 10.2 Å². The molecule has 0 atom stereocenters. The smallest absolute Gasteiger partial charge is 0.252 e. The topological polar surface area (TPSA) is 41.6 Å². The summed E-state index contributed by atoms with van der Waals surface area (Å²) < 4.78 is 5.28. The van der Waals surface area contributed by atoms with Crippen molar-refractivity contribution in [3.05, 3.63) is 21.9 Å². The van der Waals surface area contributed by atoms with E-state index in [0.717, 1.165) is 44.8 Å². The van der Waals surface area contributed by atoms with E-state index in [9.17, 15) is 4.79 Å². The van der Waals surface area contributed by atoms with E-state index in [1.54, 1.807) is 11.3 Å². The minimum absolute atomic E-state index is 0. The van der Waals surface area contributed by atoms with Crippen LogP contribution < -0.4 is 5.32 Å². The minimum atomic E-state index is 0. The molecule has 19 heavy (non-hydrogen) atoms.